The maximum atomic E-state index is 12.9. The van der Waals surface area contributed by atoms with Crippen LogP contribution in [0.5, 0.6) is 0 Å². The molecular formula is C16H23FN2O2. The van der Waals surface area contributed by atoms with Gasteiger partial charge in [-0.15, -0.1) is 0 Å². The van der Waals surface area contributed by atoms with E-state index < -0.39 is 0 Å². The molecule has 0 amide bonds. The van der Waals surface area contributed by atoms with Crippen LogP contribution in [0.4, 0.5) is 4.39 Å². The van der Waals surface area contributed by atoms with Crippen molar-refractivity contribution in [3.63, 3.8) is 0 Å². The standard InChI is InChI=1S/C16H23FN2O2/c1-21-16(20)6-7-19-10-13(9-15(18)11-19)8-12-2-4-14(17)5-3-12/h2-5,13,15H,6-11,18H2,1H3. The van der Waals surface area contributed by atoms with Crippen LogP contribution >= 0.6 is 0 Å². The van der Waals surface area contributed by atoms with Crippen molar-refractivity contribution < 1.29 is 13.9 Å². The molecule has 116 valence electrons. The van der Waals surface area contributed by atoms with Gasteiger partial charge in [0.05, 0.1) is 13.5 Å². The van der Waals surface area contributed by atoms with Crippen molar-refractivity contribution in [2.75, 3.05) is 26.7 Å². The zero-order valence-electron chi connectivity index (χ0n) is 12.4. The average Bonchev–Trinajstić information content (AvgIpc) is 2.46. The Morgan fingerprint density at radius 3 is 2.76 bits per heavy atom. The van der Waals surface area contributed by atoms with E-state index >= 15 is 0 Å². The second-order valence-corrected chi connectivity index (χ2v) is 5.78. The topological polar surface area (TPSA) is 55.6 Å². The molecule has 1 aromatic carbocycles. The van der Waals surface area contributed by atoms with Crippen LogP contribution in [-0.4, -0.2) is 43.7 Å². The van der Waals surface area contributed by atoms with E-state index in [1.54, 1.807) is 0 Å². The summed E-state index contributed by atoms with van der Waals surface area (Å²) in [6.07, 6.45) is 2.25. The molecule has 2 atom stereocenters. The van der Waals surface area contributed by atoms with Crippen molar-refractivity contribution in [3.05, 3.63) is 35.6 Å². The van der Waals surface area contributed by atoms with Crippen LogP contribution in [-0.2, 0) is 16.0 Å². The molecular weight excluding hydrogens is 271 g/mol. The molecule has 0 saturated carbocycles. The normalized spacial score (nSPS) is 23.0. The molecule has 2 unspecified atom stereocenters. The molecule has 2 rings (SSSR count). The van der Waals surface area contributed by atoms with Gasteiger partial charge < -0.3 is 15.4 Å². The van der Waals surface area contributed by atoms with Gasteiger partial charge in [-0.1, -0.05) is 12.1 Å². The fraction of sp³-hybridized carbons (Fsp3) is 0.562. The van der Waals surface area contributed by atoms with Gasteiger partial charge in [0.2, 0.25) is 0 Å². The smallest absolute Gasteiger partial charge is 0.306 e. The van der Waals surface area contributed by atoms with Crippen molar-refractivity contribution in [3.8, 4) is 0 Å². The van der Waals surface area contributed by atoms with Gasteiger partial charge in [0, 0.05) is 25.7 Å². The average molecular weight is 294 g/mol. The zero-order chi connectivity index (χ0) is 15.2. The van der Waals surface area contributed by atoms with Gasteiger partial charge in [0.15, 0.2) is 0 Å². The summed E-state index contributed by atoms with van der Waals surface area (Å²) >= 11 is 0. The van der Waals surface area contributed by atoms with Crippen LogP contribution in [0.2, 0.25) is 0 Å². The number of rotatable bonds is 5. The Hall–Kier alpha value is -1.46. The van der Waals surface area contributed by atoms with Gasteiger partial charge in [-0.2, -0.15) is 0 Å². The number of carbonyl (C=O) groups excluding carboxylic acids is 1. The molecule has 21 heavy (non-hydrogen) atoms. The van der Waals surface area contributed by atoms with E-state index in [1.807, 2.05) is 12.1 Å². The number of benzene rings is 1. The maximum Gasteiger partial charge on any atom is 0.306 e. The van der Waals surface area contributed by atoms with Crippen LogP contribution in [0.15, 0.2) is 24.3 Å². The lowest BCUT2D eigenvalue weighted by Crippen LogP contribution is -2.48. The van der Waals surface area contributed by atoms with E-state index in [0.717, 1.165) is 31.5 Å². The van der Waals surface area contributed by atoms with Crippen molar-refractivity contribution in [2.24, 2.45) is 11.7 Å². The first-order valence-corrected chi connectivity index (χ1v) is 7.36. The molecule has 0 radical (unpaired) electrons. The fourth-order valence-corrected chi connectivity index (χ4v) is 2.98. The molecule has 1 heterocycles. The first-order chi connectivity index (χ1) is 10.1. The second-order valence-electron chi connectivity index (χ2n) is 5.78. The van der Waals surface area contributed by atoms with E-state index in [1.165, 1.54) is 19.2 Å². The largest absolute Gasteiger partial charge is 0.469 e. The van der Waals surface area contributed by atoms with Gasteiger partial charge in [-0.05, 0) is 36.5 Å². The molecule has 5 heteroatoms. The summed E-state index contributed by atoms with van der Waals surface area (Å²) in [7, 11) is 1.40. The highest BCUT2D eigenvalue weighted by Crippen LogP contribution is 2.21. The first-order valence-electron chi connectivity index (χ1n) is 7.36. The van der Waals surface area contributed by atoms with E-state index in [9.17, 15) is 9.18 Å². The molecule has 1 aliphatic heterocycles. The third-order valence-corrected chi connectivity index (χ3v) is 3.94. The molecule has 0 bridgehead atoms. The van der Waals surface area contributed by atoms with Gasteiger partial charge in [0.25, 0.3) is 0 Å². The Balaban J connectivity index is 1.88. The molecule has 0 aliphatic carbocycles. The van der Waals surface area contributed by atoms with Crippen molar-refractivity contribution in [1.29, 1.82) is 0 Å². The van der Waals surface area contributed by atoms with Gasteiger partial charge >= 0.3 is 5.97 Å². The van der Waals surface area contributed by atoms with E-state index in [4.69, 9.17) is 5.73 Å². The Bertz CT molecular complexity index is 464. The summed E-state index contributed by atoms with van der Waals surface area (Å²) in [5.74, 6) is 0.0416. The lowest BCUT2D eigenvalue weighted by Gasteiger charge is -2.36. The van der Waals surface area contributed by atoms with Crippen LogP contribution in [0.25, 0.3) is 0 Å². The summed E-state index contributed by atoms with van der Waals surface area (Å²) in [5, 5.41) is 0. The number of hydrogen-bond donors (Lipinski definition) is 1. The predicted octanol–water partition coefficient (Wildman–Crippen LogP) is 1.58. The van der Waals surface area contributed by atoms with Crippen LogP contribution in [0.3, 0.4) is 0 Å². The van der Waals surface area contributed by atoms with Crippen LogP contribution in [0.1, 0.15) is 18.4 Å². The quantitative estimate of drug-likeness (QED) is 0.838. The number of hydrogen-bond acceptors (Lipinski definition) is 4. The number of halogens is 1. The van der Waals surface area contributed by atoms with Crippen molar-refractivity contribution >= 4 is 5.97 Å². The number of methoxy groups -OCH3 is 1. The predicted molar refractivity (Wildman–Crippen MR) is 79.3 cm³/mol. The summed E-state index contributed by atoms with van der Waals surface area (Å²) in [6, 6.07) is 6.77. The highest BCUT2D eigenvalue weighted by molar-refractivity contribution is 5.69. The fourth-order valence-electron chi connectivity index (χ4n) is 2.98. The number of piperidine rings is 1. The number of ether oxygens (including phenoxy) is 1. The summed E-state index contributed by atoms with van der Waals surface area (Å²) in [4.78, 5) is 13.4. The molecule has 1 saturated heterocycles. The van der Waals surface area contributed by atoms with Gasteiger partial charge in [-0.3, -0.25) is 4.79 Å². The molecule has 0 aromatic heterocycles. The summed E-state index contributed by atoms with van der Waals surface area (Å²) in [6.45, 7) is 2.42. The Labute approximate surface area is 125 Å². The Kier molecular flexibility index (Phi) is 5.70. The van der Waals surface area contributed by atoms with Gasteiger partial charge in [0.1, 0.15) is 5.82 Å². The molecule has 1 aliphatic rings. The SMILES string of the molecule is COC(=O)CCN1CC(N)CC(Cc2ccc(F)cc2)C1. The highest BCUT2D eigenvalue weighted by Gasteiger charge is 2.25. The first kappa shape index (κ1) is 15.9. The van der Waals surface area contributed by atoms with Crippen molar-refractivity contribution in [1.82, 2.24) is 4.90 Å². The van der Waals surface area contributed by atoms with Gasteiger partial charge in [-0.25, -0.2) is 4.39 Å². The third kappa shape index (κ3) is 5.10. The lowest BCUT2D eigenvalue weighted by atomic mass is 9.89. The Morgan fingerprint density at radius 1 is 1.38 bits per heavy atom. The molecule has 0 spiro atoms. The minimum absolute atomic E-state index is 0.127. The number of nitrogens with zero attached hydrogens (tertiary/aromatic N) is 1. The minimum atomic E-state index is -0.209. The molecule has 1 fully saturated rings. The number of nitrogens with two attached hydrogens (primary N) is 1. The molecule has 2 N–H and O–H groups in total. The maximum absolute atomic E-state index is 12.9. The number of likely N-dealkylation sites (tertiary alicyclic amines) is 1. The monoisotopic (exact) mass is 294 g/mol. The Morgan fingerprint density at radius 2 is 2.10 bits per heavy atom. The number of esters is 1. The minimum Gasteiger partial charge on any atom is -0.469 e. The van der Waals surface area contributed by atoms with E-state index in [-0.39, 0.29) is 17.8 Å². The number of carbonyl (C=O) groups is 1. The van der Waals surface area contributed by atoms with E-state index in [2.05, 4.69) is 9.64 Å². The van der Waals surface area contributed by atoms with Crippen LogP contribution in [0, 0.1) is 11.7 Å². The molecule has 1 aromatic rings. The summed E-state index contributed by atoms with van der Waals surface area (Å²) < 4.78 is 17.6. The third-order valence-electron chi connectivity index (χ3n) is 3.94. The molecule has 4 nitrogen and oxygen atoms in total. The van der Waals surface area contributed by atoms with Crippen molar-refractivity contribution in [2.45, 2.75) is 25.3 Å². The lowest BCUT2D eigenvalue weighted by molar-refractivity contribution is -0.141. The highest BCUT2D eigenvalue weighted by atomic mass is 19.1. The zero-order valence-corrected chi connectivity index (χ0v) is 12.4. The van der Waals surface area contributed by atoms with Crippen LogP contribution < -0.4 is 5.73 Å². The second kappa shape index (κ2) is 7.52. The van der Waals surface area contributed by atoms with E-state index in [0.29, 0.717) is 18.9 Å². The summed E-state index contributed by atoms with van der Waals surface area (Å²) in [5.41, 5.74) is 7.24.